The highest BCUT2D eigenvalue weighted by atomic mass is 32.1. The normalized spacial score (nSPS) is 15.1. The molecule has 2 heterocycles. The Kier molecular flexibility index (Phi) is 5.76. The summed E-state index contributed by atoms with van der Waals surface area (Å²) >= 11 is 4.19. The molecule has 0 bridgehead atoms. The van der Waals surface area contributed by atoms with E-state index >= 15 is 0 Å². The lowest BCUT2D eigenvalue weighted by atomic mass is 10.2. The lowest BCUT2D eigenvalue weighted by molar-refractivity contribution is 0.519. The largest absolute Gasteiger partial charge is 0.370 e. The van der Waals surface area contributed by atoms with Gasteiger partial charge in [-0.05, 0) is 31.4 Å². The van der Waals surface area contributed by atoms with Crippen molar-refractivity contribution in [1.29, 1.82) is 0 Å². The summed E-state index contributed by atoms with van der Waals surface area (Å²) in [7, 11) is 0. The highest BCUT2D eigenvalue weighted by Gasteiger charge is 2.13. The second kappa shape index (κ2) is 7.58. The number of rotatable bonds is 7. The van der Waals surface area contributed by atoms with Gasteiger partial charge in [0.25, 0.3) is 5.56 Å². The number of unbranched alkanes of at least 4 members (excludes halogenated alkanes) is 3. The van der Waals surface area contributed by atoms with Crippen molar-refractivity contribution in [2.45, 2.75) is 45.1 Å². The van der Waals surface area contributed by atoms with Gasteiger partial charge in [-0.1, -0.05) is 12.8 Å². The maximum Gasteiger partial charge on any atom is 0.268 e. The molecule has 1 saturated heterocycles. The Morgan fingerprint density at radius 3 is 2.58 bits per heavy atom. The molecule has 1 aromatic rings. The number of hydrogen-bond donors (Lipinski definition) is 1. The van der Waals surface area contributed by atoms with Crippen LogP contribution in [0.5, 0.6) is 0 Å². The first kappa shape index (κ1) is 14.4. The van der Waals surface area contributed by atoms with Crippen molar-refractivity contribution in [2.24, 2.45) is 0 Å². The van der Waals surface area contributed by atoms with Crippen LogP contribution >= 0.6 is 12.6 Å². The van der Waals surface area contributed by atoms with Crippen LogP contribution in [0, 0.1) is 0 Å². The molecule has 0 amide bonds. The Morgan fingerprint density at radius 1 is 1.16 bits per heavy atom. The van der Waals surface area contributed by atoms with Crippen LogP contribution < -0.4 is 10.5 Å². The van der Waals surface area contributed by atoms with Crippen molar-refractivity contribution >= 4 is 18.3 Å². The van der Waals surface area contributed by atoms with E-state index in [1.165, 1.54) is 19.3 Å². The van der Waals surface area contributed by atoms with Gasteiger partial charge >= 0.3 is 0 Å². The number of thiol groups is 1. The van der Waals surface area contributed by atoms with Gasteiger partial charge in [-0.25, -0.2) is 4.68 Å². The lowest BCUT2D eigenvalue weighted by Gasteiger charge is -2.17. The van der Waals surface area contributed by atoms with Gasteiger partial charge in [0.2, 0.25) is 0 Å². The molecular weight excluding hydrogens is 258 g/mol. The van der Waals surface area contributed by atoms with Gasteiger partial charge in [0.1, 0.15) is 0 Å². The van der Waals surface area contributed by atoms with E-state index in [4.69, 9.17) is 0 Å². The summed E-state index contributed by atoms with van der Waals surface area (Å²) in [6, 6.07) is 1.73. The zero-order chi connectivity index (χ0) is 13.5. The molecule has 0 spiro atoms. The van der Waals surface area contributed by atoms with Crippen molar-refractivity contribution in [3.05, 3.63) is 22.6 Å². The van der Waals surface area contributed by atoms with E-state index in [0.29, 0.717) is 0 Å². The minimum Gasteiger partial charge on any atom is -0.370 e. The highest BCUT2D eigenvalue weighted by Crippen LogP contribution is 2.16. The maximum atomic E-state index is 12.0. The summed E-state index contributed by atoms with van der Waals surface area (Å²) in [5.74, 6) is 0.947. The fourth-order valence-electron chi connectivity index (χ4n) is 2.47. The molecular formula is C14H23N3OS. The quantitative estimate of drug-likeness (QED) is 0.616. The maximum absolute atomic E-state index is 12.0. The average molecular weight is 281 g/mol. The SMILES string of the molecule is O=c1cc(N2CCCC2)cnn1CCCCCCS. The number of aromatic nitrogens is 2. The molecule has 5 heteroatoms. The van der Waals surface area contributed by atoms with Gasteiger partial charge in [0.05, 0.1) is 11.9 Å². The molecule has 0 aromatic carbocycles. The molecule has 1 fully saturated rings. The number of anilines is 1. The molecule has 0 N–H and O–H groups in total. The highest BCUT2D eigenvalue weighted by molar-refractivity contribution is 7.80. The topological polar surface area (TPSA) is 38.1 Å². The Balaban J connectivity index is 1.86. The smallest absolute Gasteiger partial charge is 0.268 e. The Morgan fingerprint density at radius 2 is 1.89 bits per heavy atom. The number of hydrogen-bond acceptors (Lipinski definition) is 4. The average Bonchev–Trinajstić information content (AvgIpc) is 2.94. The van der Waals surface area contributed by atoms with Gasteiger partial charge in [-0.3, -0.25) is 4.79 Å². The van der Waals surface area contributed by atoms with Crippen LogP contribution in [0.4, 0.5) is 5.69 Å². The molecule has 0 unspecified atom stereocenters. The molecule has 1 aromatic heterocycles. The van der Waals surface area contributed by atoms with Gasteiger partial charge in [0, 0.05) is 25.7 Å². The molecule has 1 aliphatic rings. The Bertz CT molecular complexity index is 441. The predicted octanol–water partition coefficient (Wildman–Crippen LogP) is 2.33. The van der Waals surface area contributed by atoms with Crippen LogP contribution in [0.15, 0.2) is 17.1 Å². The summed E-state index contributed by atoms with van der Waals surface area (Å²) in [6.07, 6.45) is 8.76. The van der Waals surface area contributed by atoms with Crippen molar-refractivity contribution in [1.82, 2.24) is 9.78 Å². The fraction of sp³-hybridized carbons (Fsp3) is 0.714. The van der Waals surface area contributed by atoms with Crippen LogP contribution in [0.25, 0.3) is 0 Å². The summed E-state index contributed by atoms with van der Waals surface area (Å²) in [4.78, 5) is 14.2. The molecule has 1 aliphatic heterocycles. The van der Waals surface area contributed by atoms with Crippen molar-refractivity contribution in [3.8, 4) is 0 Å². The van der Waals surface area contributed by atoms with Crippen LogP contribution in [0.1, 0.15) is 38.5 Å². The van der Waals surface area contributed by atoms with E-state index in [1.807, 2.05) is 6.20 Å². The molecule has 0 radical (unpaired) electrons. The van der Waals surface area contributed by atoms with Crippen LogP contribution in [-0.2, 0) is 6.54 Å². The van der Waals surface area contributed by atoms with Crippen LogP contribution in [0.2, 0.25) is 0 Å². The van der Waals surface area contributed by atoms with E-state index in [-0.39, 0.29) is 5.56 Å². The van der Waals surface area contributed by atoms with E-state index in [9.17, 15) is 4.79 Å². The zero-order valence-corrected chi connectivity index (χ0v) is 12.3. The van der Waals surface area contributed by atoms with Crippen molar-refractivity contribution < 1.29 is 0 Å². The summed E-state index contributed by atoms with van der Waals surface area (Å²) < 4.78 is 1.58. The second-order valence-electron chi connectivity index (χ2n) is 5.11. The first-order valence-corrected chi connectivity index (χ1v) is 7.87. The summed E-state index contributed by atoms with van der Waals surface area (Å²) in [5.41, 5.74) is 1.01. The fourth-order valence-corrected chi connectivity index (χ4v) is 2.69. The number of aryl methyl sites for hydroxylation is 1. The van der Waals surface area contributed by atoms with Gasteiger partial charge < -0.3 is 4.90 Å². The van der Waals surface area contributed by atoms with Gasteiger partial charge in [0.15, 0.2) is 0 Å². The molecule has 4 nitrogen and oxygen atoms in total. The minimum absolute atomic E-state index is 0.0265. The molecule has 0 saturated carbocycles. The van der Waals surface area contributed by atoms with E-state index in [1.54, 1.807) is 10.7 Å². The summed E-state index contributed by atoms with van der Waals surface area (Å²) in [6.45, 7) is 2.83. The standard InChI is InChI=1S/C14H23N3OS/c18-14-11-13(16-7-4-5-8-16)12-15-17(14)9-3-1-2-6-10-19/h11-12,19H,1-10H2. The molecule has 0 atom stereocenters. The van der Waals surface area contributed by atoms with E-state index in [0.717, 1.165) is 50.3 Å². The third-order valence-corrected chi connectivity index (χ3v) is 3.92. The second-order valence-corrected chi connectivity index (χ2v) is 5.55. The van der Waals surface area contributed by atoms with Crippen LogP contribution in [0.3, 0.4) is 0 Å². The predicted molar refractivity (Wildman–Crippen MR) is 82.3 cm³/mol. The summed E-state index contributed by atoms with van der Waals surface area (Å²) in [5, 5.41) is 4.29. The zero-order valence-electron chi connectivity index (χ0n) is 11.4. The van der Waals surface area contributed by atoms with Gasteiger partial charge in [-0.15, -0.1) is 0 Å². The van der Waals surface area contributed by atoms with Crippen molar-refractivity contribution in [2.75, 3.05) is 23.7 Å². The molecule has 0 aliphatic carbocycles. The minimum atomic E-state index is 0.0265. The Labute approximate surface area is 120 Å². The van der Waals surface area contributed by atoms with Crippen molar-refractivity contribution in [3.63, 3.8) is 0 Å². The number of nitrogens with zero attached hydrogens (tertiary/aromatic N) is 3. The lowest BCUT2D eigenvalue weighted by Crippen LogP contribution is -2.26. The van der Waals surface area contributed by atoms with Crippen LogP contribution in [-0.4, -0.2) is 28.6 Å². The third-order valence-electron chi connectivity index (χ3n) is 3.60. The monoisotopic (exact) mass is 281 g/mol. The van der Waals surface area contributed by atoms with E-state index < -0.39 is 0 Å². The third kappa shape index (κ3) is 4.27. The first-order chi connectivity index (χ1) is 9.31. The van der Waals surface area contributed by atoms with Gasteiger partial charge in [-0.2, -0.15) is 17.7 Å². The van der Waals surface area contributed by atoms with E-state index in [2.05, 4.69) is 22.6 Å². The Hall–Kier alpha value is -0.970. The molecule has 19 heavy (non-hydrogen) atoms. The first-order valence-electron chi connectivity index (χ1n) is 7.24. The molecule has 106 valence electrons. The molecule has 2 rings (SSSR count).